The molecule has 1 amide bonds. The fraction of sp³-hybridized carbons (Fsp3) is 0.188. The Kier molecular flexibility index (Phi) is 5.48. The number of benzene rings is 1. The third-order valence-electron chi connectivity index (χ3n) is 2.83. The van der Waals surface area contributed by atoms with Crippen LogP contribution in [0, 0.1) is 0 Å². The number of nitrogens with zero attached hydrogens (tertiary/aromatic N) is 2. The fourth-order valence-electron chi connectivity index (χ4n) is 1.82. The molecule has 2 aromatic rings. The quantitative estimate of drug-likeness (QED) is 0.656. The Balaban J connectivity index is 2.11. The van der Waals surface area contributed by atoms with E-state index in [0.29, 0.717) is 23.7 Å². The van der Waals surface area contributed by atoms with Gasteiger partial charge in [0.05, 0.1) is 19.9 Å². The number of methoxy groups -OCH3 is 1. The molecule has 0 saturated heterocycles. The number of hydrogen-bond acceptors (Lipinski definition) is 5. The molecular formula is C16H17N3O3. The summed E-state index contributed by atoms with van der Waals surface area (Å²) >= 11 is 0. The van der Waals surface area contributed by atoms with Crippen molar-refractivity contribution < 1.29 is 14.3 Å². The molecule has 1 N–H and O–H groups in total. The summed E-state index contributed by atoms with van der Waals surface area (Å²) in [6.45, 7) is 2.39. The van der Waals surface area contributed by atoms with Gasteiger partial charge in [-0.25, -0.2) is 5.43 Å². The van der Waals surface area contributed by atoms with Gasteiger partial charge in [0.15, 0.2) is 11.5 Å². The van der Waals surface area contributed by atoms with Crippen LogP contribution < -0.4 is 14.9 Å². The summed E-state index contributed by atoms with van der Waals surface area (Å²) in [5, 5.41) is 3.96. The van der Waals surface area contributed by atoms with Crippen molar-refractivity contribution in [2.45, 2.75) is 6.92 Å². The van der Waals surface area contributed by atoms with Crippen molar-refractivity contribution in [3.05, 3.63) is 53.9 Å². The summed E-state index contributed by atoms with van der Waals surface area (Å²) in [7, 11) is 1.57. The normalized spacial score (nSPS) is 10.5. The van der Waals surface area contributed by atoms with Gasteiger partial charge in [-0.2, -0.15) is 5.10 Å². The molecule has 0 unspecified atom stereocenters. The second-order valence-corrected chi connectivity index (χ2v) is 4.25. The average molecular weight is 299 g/mol. The summed E-state index contributed by atoms with van der Waals surface area (Å²) in [5.41, 5.74) is 3.67. The zero-order valence-corrected chi connectivity index (χ0v) is 12.4. The predicted molar refractivity (Wildman–Crippen MR) is 83.5 cm³/mol. The highest BCUT2D eigenvalue weighted by molar-refractivity contribution is 5.95. The molecule has 0 spiro atoms. The largest absolute Gasteiger partial charge is 0.493 e. The van der Waals surface area contributed by atoms with Gasteiger partial charge in [0.1, 0.15) is 0 Å². The van der Waals surface area contributed by atoms with E-state index in [1.165, 1.54) is 6.21 Å². The van der Waals surface area contributed by atoms with Crippen molar-refractivity contribution in [1.82, 2.24) is 10.4 Å². The van der Waals surface area contributed by atoms with Gasteiger partial charge in [-0.05, 0) is 31.2 Å². The van der Waals surface area contributed by atoms with E-state index in [-0.39, 0.29) is 5.91 Å². The van der Waals surface area contributed by atoms with Crippen LogP contribution in [-0.4, -0.2) is 30.8 Å². The number of rotatable bonds is 6. The van der Waals surface area contributed by atoms with Crippen LogP contribution in [0.15, 0.2) is 47.8 Å². The van der Waals surface area contributed by atoms with E-state index < -0.39 is 0 Å². The zero-order valence-electron chi connectivity index (χ0n) is 12.4. The van der Waals surface area contributed by atoms with Crippen LogP contribution >= 0.6 is 0 Å². The molecule has 0 aliphatic carbocycles. The Morgan fingerprint density at radius 2 is 2.09 bits per heavy atom. The maximum Gasteiger partial charge on any atom is 0.271 e. The Bertz CT molecular complexity index is 657. The fourth-order valence-corrected chi connectivity index (χ4v) is 1.82. The Morgan fingerprint density at radius 3 is 2.77 bits per heavy atom. The average Bonchev–Trinajstić information content (AvgIpc) is 2.57. The van der Waals surface area contributed by atoms with Crippen LogP contribution in [0.25, 0.3) is 0 Å². The zero-order chi connectivity index (χ0) is 15.8. The maximum absolute atomic E-state index is 11.9. The Hall–Kier alpha value is -2.89. The number of carbonyl (C=O) groups is 1. The van der Waals surface area contributed by atoms with Gasteiger partial charge in [-0.1, -0.05) is 6.07 Å². The van der Waals surface area contributed by atoms with Crippen LogP contribution in [0.5, 0.6) is 11.5 Å². The first-order chi connectivity index (χ1) is 10.8. The molecule has 2 rings (SSSR count). The van der Waals surface area contributed by atoms with Crippen molar-refractivity contribution in [2.24, 2.45) is 5.10 Å². The lowest BCUT2D eigenvalue weighted by Gasteiger charge is -2.11. The van der Waals surface area contributed by atoms with Gasteiger partial charge in [-0.3, -0.25) is 9.78 Å². The van der Waals surface area contributed by atoms with Gasteiger partial charge in [-0.15, -0.1) is 0 Å². The molecule has 0 aliphatic rings. The number of para-hydroxylation sites is 1. The number of nitrogens with one attached hydrogen (secondary N) is 1. The highest BCUT2D eigenvalue weighted by Crippen LogP contribution is 2.29. The number of hydrazone groups is 1. The van der Waals surface area contributed by atoms with E-state index >= 15 is 0 Å². The van der Waals surface area contributed by atoms with E-state index in [1.54, 1.807) is 37.7 Å². The first-order valence-electron chi connectivity index (χ1n) is 6.79. The molecule has 1 heterocycles. The molecule has 1 aromatic heterocycles. The van der Waals surface area contributed by atoms with Crippen molar-refractivity contribution in [3.8, 4) is 11.5 Å². The highest BCUT2D eigenvalue weighted by Gasteiger charge is 2.08. The minimum Gasteiger partial charge on any atom is -0.493 e. The molecular weight excluding hydrogens is 282 g/mol. The molecule has 22 heavy (non-hydrogen) atoms. The monoisotopic (exact) mass is 299 g/mol. The standard InChI is InChI=1S/C16H17N3O3/c1-3-22-15-13(5-4-6-14(15)21-2)11-18-19-16(20)12-7-9-17-10-8-12/h4-11H,3H2,1-2H3,(H,19,20)/b18-11-. The first kappa shape index (κ1) is 15.5. The van der Waals surface area contributed by atoms with E-state index in [0.717, 1.165) is 5.56 Å². The number of amides is 1. The third-order valence-corrected chi connectivity index (χ3v) is 2.83. The van der Waals surface area contributed by atoms with Crippen molar-refractivity contribution in [1.29, 1.82) is 0 Å². The molecule has 114 valence electrons. The molecule has 1 aromatic carbocycles. The molecule has 0 radical (unpaired) electrons. The lowest BCUT2D eigenvalue weighted by Crippen LogP contribution is -2.17. The summed E-state index contributed by atoms with van der Waals surface area (Å²) in [6.07, 6.45) is 4.62. The summed E-state index contributed by atoms with van der Waals surface area (Å²) in [4.78, 5) is 15.7. The van der Waals surface area contributed by atoms with E-state index in [4.69, 9.17) is 9.47 Å². The van der Waals surface area contributed by atoms with Gasteiger partial charge in [0, 0.05) is 23.5 Å². The summed E-state index contributed by atoms with van der Waals surface area (Å²) in [6, 6.07) is 8.69. The molecule has 6 nitrogen and oxygen atoms in total. The van der Waals surface area contributed by atoms with Crippen molar-refractivity contribution in [3.63, 3.8) is 0 Å². The SMILES string of the molecule is CCOc1c(/C=N\NC(=O)c2ccncc2)cccc1OC. The van der Waals surface area contributed by atoms with Crippen LogP contribution in [0.4, 0.5) is 0 Å². The molecule has 0 bridgehead atoms. The van der Waals surface area contributed by atoms with Crippen molar-refractivity contribution >= 4 is 12.1 Å². The minimum atomic E-state index is -0.306. The second kappa shape index (κ2) is 7.78. The minimum absolute atomic E-state index is 0.306. The van der Waals surface area contributed by atoms with E-state index in [1.807, 2.05) is 19.1 Å². The highest BCUT2D eigenvalue weighted by atomic mass is 16.5. The van der Waals surface area contributed by atoms with Gasteiger partial charge >= 0.3 is 0 Å². The van der Waals surface area contributed by atoms with Crippen LogP contribution in [-0.2, 0) is 0 Å². The van der Waals surface area contributed by atoms with E-state index in [9.17, 15) is 4.79 Å². The van der Waals surface area contributed by atoms with Crippen LogP contribution in [0.1, 0.15) is 22.8 Å². The second-order valence-electron chi connectivity index (χ2n) is 4.25. The number of ether oxygens (including phenoxy) is 2. The Morgan fingerprint density at radius 1 is 1.32 bits per heavy atom. The van der Waals surface area contributed by atoms with Crippen LogP contribution in [0.3, 0.4) is 0 Å². The summed E-state index contributed by atoms with van der Waals surface area (Å²) in [5.74, 6) is 0.903. The van der Waals surface area contributed by atoms with Gasteiger partial charge in [0.2, 0.25) is 0 Å². The first-order valence-corrected chi connectivity index (χ1v) is 6.79. The molecule has 0 fully saturated rings. The third kappa shape index (κ3) is 3.82. The molecule has 6 heteroatoms. The number of hydrogen-bond donors (Lipinski definition) is 1. The predicted octanol–water partition coefficient (Wildman–Crippen LogP) is 2.25. The number of carbonyl (C=O) groups excluding carboxylic acids is 1. The molecule has 0 atom stereocenters. The van der Waals surface area contributed by atoms with Crippen LogP contribution in [0.2, 0.25) is 0 Å². The Labute approximate surface area is 128 Å². The lowest BCUT2D eigenvalue weighted by atomic mass is 10.2. The number of aromatic nitrogens is 1. The van der Waals surface area contributed by atoms with Gasteiger partial charge in [0.25, 0.3) is 5.91 Å². The molecule has 0 aliphatic heterocycles. The summed E-state index contributed by atoms with van der Waals surface area (Å²) < 4.78 is 10.8. The number of pyridine rings is 1. The lowest BCUT2D eigenvalue weighted by molar-refractivity contribution is 0.0955. The maximum atomic E-state index is 11.9. The van der Waals surface area contributed by atoms with Crippen molar-refractivity contribution in [2.75, 3.05) is 13.7 Å². The van der Waals surface area contributed by atoms with E-state index in [2.05, 4.69) is 15.5 Å². The van der Waals surface area contributed by atoms with Gasteiger partial charge < -0.3 is 9.47 Å². The molecule has 0 saturated carbocycles. The smallest absolute Gasteiger partial charge is 0.271 e. The topological polar surface area (TPSA) is 72.8 Å².